The van der Waals surface area contributed by atoms with Crippen LogP contribution in [0.2, 0.25) is 0 Å². The molecule has 1 aliphatic heterocycles. The Labute approximate surface area is 121 Å². The van der Waals surface area contributed by atoms with Crippen molar-refractivity contribution in [3.05, 3.63) is 32.9 Å². The summed E-state index contributed by atoms with van der Waals surface area (Å²) in [6.07, 6.45) is 2.36. The van der Waals surface area contributed by atoms with Gasteiger partial charge in [-0.1, -0.05) is 12.1 Å². The highest BCUT2D eigenvalue weighted by atomic mass is 127. The number of halogens is 1. The number of aryl methyl sites for hydroxylation is 1. The van der Waals surface area contributed by atoms with Gasteiger partial charge in [0.1, 0.15) is 6.61 Å². The topological polar surface area (TPSA) is 35.5 Å². The lowest BCUT2D eigenvalue weighted by molar-refractivity contribution is -0.00272. The standard InChI is InChI=1S/C14H17IO3/c1-9-4-3-5-12(13(9)15)14(16)17-8-11-7-6-10(2)18-11/h3-5,10-11H,6-8H2,1-2H3/t10-,11+/m0/s1. The molecule has 4 heteroatoms. The quantitative estimate of drug-likeness (QED) is 0.613. The van der Waals surface area contributed by atoms with Gasteiger partial charge in [-0.05, 0) is 60.9 Å². The van der Waals surface area contributed by atoms with Crippen LogP contribution in [-0.4, -0.2) is 24.8 Å². The largest absolute Gasteiger partial charge is 0.459 e. The maximum atomic E-state index is 12.0. The second-order valence-corrected chi connectivity index (χ2v) is 5.76. The van der Waals surface area contributed by atoms with Crippen molar-refractivity contribution in [3.8, 4) is 0 Å². The van der Waals surface area contributed by atoms with Gasteiger partial charge in [0.05, 0.1) is 17.8 Å². The van der Waals surface area contributed by atoms with Crippen LogP contribution in [0.1, 0.15) is 35.7 Å². The monoisotopic (exact) mass is 360 g/mol. The SMILES string of the molecule is Cc1cccc(C(=O)OC[C@H]2CC[C@H](C)O2)c1I. The molecule has 0 N–H and O–H groups in total. The molecule has 0 aromatic heterocycles. The van der Waals surface area contributed by atoms with E-state index in [1.54, 1.807) is 6.07 Å². The fourth-order valence-electron chi connectivity index (χ4n) is 2.06. The number of ether oxygens (including phenoxy) is 2. The predicted octanol–water partition coefficient (Wildman–Crippen LogP) is 3.32. The van der Waals surface area contributed by atoms with E-state index in [0.29, 0.717) is 12.2 Å². The van der Waals surface area contributed by atoms with E-state index in [0.717, 1.165) is 22.0 Å². The zero-order valence-corrected chi connectivity index (χ0v) is 12.8. The molecule has 0 amide bonds. The van der Waals surface area contributed by atoms with E-state index < -0.39 is 0 Å². The van der Waals surface area contributed by atoms with Crippen LogP contribution in [0.3, 0.4) is 0 Å². The number of hydrogen-bond donors (Lipinski definition) is 0. The van der Waals surface area contributed by atoms with E-state index in [4.69, 9.17) is 9.47 Å². The molecule has 1 fully saturated rings. The van der Waals surface area contributed by atoms with E-state index in [1.807, 2.05) is 26.0 Å². The zero-order valence-electron chi connectivity index (χ0n) is 10.6. The van der Waals surface area contributed by atoms with Crippen molar-refractivity contribution < 1.29 is 14.3 Å². The minimum Gasteiger partial charge on any atom is -0.459 e. The van der Waals surface area contributed by atoms with E-state index in [1.165, 1.54) is 0 Å². The van der Waals surface area contributed by atoms with Crippen molar-refractivity contribution in [1.82, 2.24) is 0 Å². The summed E-state index contributed by atoms with van der Waals surface area (Å²) in [6, 6.07) is 5.66. The molecular weight excluding hydrogens is 343 g/mol. The van der Waals surface area contributed by atoms with Crippen molar-refractivity contribution in [1.29, 1.82) is 0 Å². The molecule has 18 heavy (non-hydrogen) atoms. The molecule has 0 spiro atoms. The molecule has 1 heterocycles. The maximum Gasteiger partial charge on any atom is 0.339 e. The van der Waals surface area contributed by atoms with Crippen LogP contribution >= 0.6 is 22.6 Å². The minimum absolute atomic E-state index is 0.0615. The van der Waals surface area contributed by atoms with Crippen LogP contribution < -0.4 is 0 Å². The van der Waals surface area contributed by atoms with Gasteiger partial charge >= 0.3 is 5.97 Å². The Morgan fingerprint density at radius 1 is 1.50 bits per heavy atom. The summed E-state index contributed by atoms with van der Waals surface area (Å²) >= 11 is 2.18. The molecule has 0 aliphatic carbocycles. The van der Waals surface area contributed by atoms with E-state index in [9.17, 15) is 4.79 Å². The Morgan fingerprint density at radius 3 is 2.94 bits per heavy atom. The summed E-state index contributed by atoms with van der Waals surface area (Å²) in [5, 5.41) is 0. The molecule has 1 aromatic carbocycles. The number of rotatable bonds is 3. The highest BCUT2D eigenvalue weighted by Crippen LogP contribution is 2.21. The van der Waals surface area contributed by atoms with Crippen LogP contribution in [0.15, 0.2) is 18.2 Å². The Kier molecular flexibility index (Phi) is 4.61. The summed E-state index contributed by atoms with van der Waals surface area (Å²) in [5.74, 6) is -0.258. The summed E-state index contributed by atoms with van der Waals surface area (Å²) < 4.78 is 11.9. The first-order valence-corrected chi connectivity index (χ1v) is 7.23. The molecule has 0 unspecified atom stereocenters. The molecule has 1 saturated heterocycles. The van der Waals surface area contributed by atoms with Gasteiger partial charge in [-0.15, -0.1) is 0 Å². The first kappa shape index (κ1) is 13.8. The summed E-state index contributed by atoms with van der Waals surface area (Å²) in [5.41, 5.74) is 1.73. The van der Waals surface area contributed by atoms with E-state index in [2.05, 4.69) is 22.6 Å². The van der Waals surface area contributed by atoms with Gasteiger partial charge in [-0.3, -0.25) is 0 Å². The molecule has 98 valence electrons. The lowest BCUT2D eigenvalue weighted by Crippen LogP contribution is -2.19. The van der Waals surface area contributed by atoms with Crippen molar-refractivity contribution >= 4 is 28.6 Å². The first-order chi connectivity index (χ1) is 8.58. The predicted molar refractivity (Wildman–Crippen MR) is 77.7 cm³/mol. The van der Waals surface area contributed by atoms with Crippen LogP contribution in [0.5, 0.6) is 0 Å². The molecule has 0 saturated carbocycles. The van der Waals surface area contributed by atoms with Gasteiger partial charge in [0, 0.05) is 3.57 Å². The van der Waals surface area contributed by atoms with Gasteiger partial charge in [-0.2, -0.15) is 0 Å². The number of carbonyl (C=O) groups is 1. The molecule has 1 aliphatic rings. The summed E-state index contributed by atoms with van der Waals surface area (Å²) in [4.78, 5) is 12.0. The van der Waals surface area contributed by atoms with Gasteiger partial charge < -0.3 is 9.47 Å². The second kappa shape index (κ2) is 6.02. The molecule has 0 radical (unpaired) electrons. The number of carbonyl (C=O) groups excluding carboxylic acids is 1. The van der Waals surface area contributed by atoms with Crippen LogP contribution in [0, 0.1) is 10.5 Å². The van der Waals surface area contributed by atoms with Gasteiger partial charge in [0.25, 0.3) is 0 Å². The fraction of sp³-hybridized carbons (Fsp3) is 0.500. The Hall–Kier alpha value is -0.620. The minimum atomic E-state index is -0.258. The van der Waals surface area contributed by atoms with Crippen molar-refractivity contribution in [3.63, 3.8) is 0 Å². The van der Waals surface area contributed by atoms with Crippen molar-refractivity contribution in [2.45, 2.75) is 38.9 Å². The highest BCUT2D eigenvalue weighted by molar-refractivity contribution is 14.1. The number of esters is 1. The normalized spacial score (nSPS) is 23.1. The van der Waals surface area contributed by atoms with Gasteiger partial charge in [0.2, 0.25) is 0 Å². The lowest BCUT2D eigenvalue weighted by atomic mass is 10.1. The van der Waals surface area contributed by atoms with Gasteiger partial charge in [0.15, 0.2) is 0 Å². The molecular formula is C14H17IO3. The molecule has 3 nitrogen and oxygen atoms in total. The van der Waals surface area contributed by atoms with Crippen molar-refractivity contribution in [2.75, 3.05) is 6.61 Å². The molecule has 0 bridgehead atoms. The fourth-order valence-corrected chi connectivity index (χ4v) is 2.64. The smallest absolute Gasteiger partial charge is 0.339 e. The van der Waals surface area contributed by atoms with Crippen molar-refractivity contribution in [2.24, 2.45) is 0 Å². The Bertz CT molecular complexity index is 445. The molecule has 2 rings (SSSR count). The van der Waals surface area contributed by atoms with E-state index >= 15 is 0 Å². The van der Waals surface area contributed by atoms with Crippen LogP contribution in [0.4, 0.5) is 0 Å². The first-order valence-electron chi connectivity index (χ1n) is 6.15. The third-order valence-electron chi connectivity index (χ3n) is 3.13. The Balaban J connectivity index is 1.94. The third kappa shape index (κ3) is 3.23. The third-order valence-corrected chi connectivity index (χ3v) is 4.56. The van der Waals surface area contributed by atoms with Crippen LogP contribution in [-0.2, 0) is 9.47 Å². The number of benzene rings is 1. The summed E-state index contributed by atoms with van der Waals surface area (Å²) in [7, 11) is 0. The number of hydrogen-bond acceptors (Lipinski definition) is 3. The molecule has 1 aromatic rings. The Morgan fingerprint density at radius 2 is 2.28 bits per heavy atom. The average molecular weight is 360 g/mol. The van der Waals surface area contributed by atoms with Crippen LogP contribution in [0.25, 0.3) is 0 Å². The lowest BCUT2D eigenvalue weighted by Gasteiger charge is -2.12. The molecule has 2 atom stereocenters. The highest BCUT2D eigenvalue weighted by Gasteiger charge is 2.23. The van der Waals surface area contributed by atoms with Gasteiger partial charge in [-0.25, -0.2) is 4.79 Å². The summed E-state index contributed by atoms with van der Waals surface area (Å²) in [6.45, 7) is 4.39. The second-order valence-electron chi connectivity index (χ2n) is 4.68. The van der Waals surface area contributed by atoms with E-state index in [-0.39, 0.29) is 18.2 Å². The zero-order chi connectivity index (χ0) is 13.1. The average Bonchev–Trinajstić information content (AvgIpc) is 2.76. The maximum absolute atomic E-state index is 12.0.